The van der Waals surface area contributed by atoms with Crippen LogP contribution in [0.5, 0.6) is 0 Å². The number of methoxy groups -OCH3 is 1. The second kappa shape index (κ2) is 3.78. The van der Waals surface area contributed by atoms with Crippen molar-refractivity contribution in [3.05, 3.63) is 21.9 Å². The molecule has 1 unspecified atom stereocenters. The highest BCUT2D eigenvalue weighted by molar-refractivity contribution is 7.10. The molecule has 1 rings (SSSR count). The molecule has 0 aromatic carbocycles. The predicted octanol–water partition coefficient (Wildman–Crippen LogP) is 2.48. The first-order valence-electron chi connectivity index (χ1n) is 4.33. The number of nitrogens with two attached hydrogens (primary N) is 1. The molecular formula is C10H17NOS. The van der Waals surface area contributed by atoms with Crippen LogP contribution in [0, 0.1) is 6.92 Å². The van der Waals surface area contributed by atoms with Crippen molar-refractivity contribution in [2.45, 2.75) is 32.4 Å². The van der Waals surface area contributed by atoms with Crippen LogP contribution in [0.4, 0.5) is 0 Å². The van der Waals surface area contributed by atoms with Gasteiger partial charge in [0.05, 0.1) is 11.6 Å². The van der Waals surface area contributed by atoms with Crippen LogP contribution in [0.3, 0.4) is 0 Å². The summed E-state index contributed by atoms with van der Waals surface area (Å²) in [7, 11) is 1.70. The van der Waals surface area contributed by atoms with E-state index in [9.17, 15) is 0 Å². The van der Waals surface area contributed by atoms with Gasteiger partial charge in [0.1, 0.15) is 0 Å². The van der Waals surface area contributed by atoms with Crippen LogP contribution in [0.2, 0.25) is 0 Å². The van der Waals surface area contributed by atoms with Crippen LogP contribution in [0.1, 0.15) is 30.3 Å². The number of aryl methyl sites for hydroxylation is 1. The Hall–Kier alpha value is -0.380. The van der Waals surface area contributed by atoms with Crippen LogP contribution in [-0.2, 0) is 4.74 Å². The molecule has 0 saturated carbocycles. The van der Waals surface area contributed by atoms with E-state index in [1.165, 1.54) is 10.4 Å². The van der Waals surface area contributed by atoms with Crippen LogP contribution in [-0.4, -0.2) is 12.7 Å². The van der Waals surface area contributed by atoms with Crippen molar-refractivity contribution >= 4 is 11.3 Å². The molecule has 0 amide bonds. The molecule has 74 valence electrons. The van der Waals surface area contributed by atoms with E-state index in [2.05, 4.69) is 18.4 Å². The Morgan fingerprint density at radius 3 is 2.54 bits per heavy atom. The second-order valence-corrected chi connectivity index (χ2v) is 4.84. The van der Waals surface area contributed by atoms with E-state index in [-0.39, 0.29) is 11.6 Å². The molecular weight excluding hydrogens is 182 g/mol. The van der Waals surface area contributed by atoms with Gasteiger partial charge in [-0.1, -0.05) is 0 Å². The fourth-order valence-electron chi connectivity index (χ4n) is 1.22. The summed E-state index contributed by atoms with van der Waals surface area (Å²) in [5.41, 5.74) is 7.00. The molecule has 1 heterocycles. The Balaban J connectivity index is 2.91. The minimum Gasteiger partial charge on any atom is -0.377 e. The molecule has 0 bridgehead atoms. The summed E-state index contributed by atoms with van der Waals surface area (Å²) >= 11 is 1.72. The highest BCUT2D eigenvalue weighted by Crippen LogP contribution is 2.30. The highest BCUT2D eigenvalue weighted by atomic mass is 32.1. The van der Waals surface area contributed by atoms with E-state index >= 15 is 0 Å². The fraction of sp³-hybridized carbons (Fsp3) is 0.600. The summed E-state index contributed by atoms with van der Waals surface area (Å²) in [5.74, 6) is 0. The van der Waals surface area contributed by atoms with Gasteiger partial charge in [-0.05, 0) is 37.8 Å². The third-order valence-corrected chi connectivity index (χ3v) is 3.37. The topological polar surface area (TPSA) is 35.2 Å². The van der Waals surface area contributed by atoms with Gasteiger partial charge in [-0.15, -0.1) is 11.3 Å². The van der Waals surface area contributed by atoms with Gasteiger partial charge in [0.25, 0.3) is 0 Å². The molecule has 0 spiro atoms. The average Bonchev–Trinajstić information content (AvgIpc) is 2.50. The first-order chi connectivity index (χ1) is 5.99. The summed E-state index contributed by atoms with van der Waals surface area (Å²) < 4.78 is 5.36. The van der Waals surface area contributed by atoms with Crippen LogP contribution < -0.4 is 5.73 Å². The number of hydrogen-bond donors (Lipinski definition) is 1. The van der Waals surface area contributed by atoms with Crippen molar-refractivity contribution in [2.24, 2.45) is 5.73 Å². The van der Waals surface area contributed by atoms with Crippen molar-refractivity contribution in [2.75, 3.05) is 7.11 Å². The lowest BCUT2D eigenvalue weighted by Gasteiger charge is -2.30. The summed E-state index contributed by atoms with van der Waals surface area (Å²) in [6, 6.07) is 2.02. The molecule has 0 aliphatic carbocycles. The van der Waals surface area contributed by atoms with Crippen molar-refractivity contribution in [1.29, 1.82) is 0 Å². The van der Waals surface area contributed by atoms with Gasteiger partial charge in [0.15, 0.2) is 0 Å². The first-order valence-corrected chi connectivity index (χ1v) is 5.21. The smallest absolute Gasteiger partial charge is 0.0814 e. The normalized spacial score (nSPS) is 14.5. The Morgan fingerprint density at radius 2 is 2.15 bits per heavy atom. The molecule has 0 aliphatic rings. The van der Waals surface area contributed by atoms with Crippen molar-refractivity contribution < 1.29 is 4.74 Å². The maximum absolute atomic E-state index is 6.11. The minimum atomic E-state index is -0.300. The average molecular weight is 199 g/mol. The van der Waals surface area contributed by atoms with Gasteiger partial charge in [0, 0.05) is 12.0 Å². The van der Waals surface area contributed by atoms with E-state index < -0.39 is 0 Å². The molecule has 0 fully saturated rings. The lowest BCUT2D eigenvalue weighted by molar-refractivity contribution is -0.0000673. The molecule has 3 heteroatoms. The number of ether oxygens (including phenoxy) is 1. The molecule has 0 saturated heterocycles. The standard InChI is InChI=1S/C10H17NOS/c1-7-8(5-6-13-7)9(11)10(2,3)12-4/h5-6,9H,11H2,1-4H3. The third-order valence-electron chi connectivity index (χ3n) is 2.51. The number of thiophene rings is 1. The van der Waals surface area contributed by atoms with Gasteiger partial charge in [-0.3, -0.25) is 0 Å². The summed E-state index contributed by atoms with van der Waals surface area (Å²) in [6.07, 6.45) is 0. The molecule has 1 aromatic heterocycles. The zero-order valence-electron chi connectivity index (χ0n) is 8.63. The molecule has 1 atom stereocenters. The maximum Gasteiger partial charge on any atom is 0.0814 e. The Labute approximate surface area is 83.7 Å². The predicted molar refractivity (Wildman–Crippen MR) is 57.1 cm³/mol. The molecule has 0 radical (unpaired) electrons. The minimum absolute atomic E-state index is 0.0521. The van der Waals surface area contributed by atoms with Crippen LogP contribution in [0.15, 0.2) is 11.4 Å². The van der Waals surface area contributed by atoms with Crippen LogP contribution in [0.25, 0.3) is 0 Å². The Bertz CT molecular complexity index is 280. The van der Waals surface area contributed by atoms with Crippen molar-refractivity contribution in [3.63, 3.8) is 0 Å². The SMILES string of the molecule is COC(C)(C)C(N)c1ccsc1C. The molecule has 0 aliphatic heterocycles. The van der Waals surface area contributed by atoms with Crippen LogP contribution >= 0.6 is 11.3 Å². The Kier molecular flexibility index (Phi) is 3.11. The summed E-state index contributed by atoms with van der Waals surface area (Å²) in [4.78, 5) is 1.28. The quantitative estimate of drug-likeness (QED) is 0.811. The van der Waals surface area contributed by atoms with Gasteiger partial charge < -0.3 is 10.5 Å². The summed E-state index contributed by atoms with van der Waals surface area (Å²) in [5, 5.41) is 2.07. The van der Waals surface area contributed by atoms with Crippen molar-refractivity contribution in [3.8, 4) is 0 Å². The lowest BCUT2D eigenvalue weighted by Crippen LogP contribution is -2.37. The summed E-state index contributed by atoms with van der Waals surface area (Å²) in [6.45, 7) is 6.11. The number of rotatable bonds is 3. The van der Waals surface area contributed by atoms with E-state index in [0.717, 1.165) is 0 Å². The van der Waals surface area contributed by atoms with Gasteiger partial charge >= 0.3 is 0 Å². The molecule has 13 heavy (non-hydrogen) atoms. The molecule has 2 nitrogen and oxygen atoms in total. The third kappa shape index (κ3) is 2.10. The van der Waals surface area contributed by atoms with E-state index in [4.69, 9.17) is 10.5 Å². The molecule has 2 N–H and O–H groups in total. The Morgan fingerprint density at radius 1 is 1.54 bits per heavy atom. The van der Waals surface area contributed by atoms with E-state index in [0.29, 0.717) is 0 Å². The van der Waals surface area contributed by atoms with Gasteiger partial charge in [-0.25, -0.2) is 0 Å². The monoisotopic (exact) mass is 199 g/mol. The van der Waals surface area contributed by atoms with E-state index in [1.54, 1.807) is 18.4 Å². The van der Waals surface area contributed by atoms with Crippen molar-refractivity contribution in [1.82, 2.24) is 0 Å². The fourth-order valence-corrected chi connectivity index (χ4v) is 1.97. The second-order valence-electron chi connectivity index (χ2n) is 3.72. The van der Waals surface area contributed by atoms with Gasteiger partial charge in [-0.2, -0.15) is 0 Å². The highest BCUT2D eigenvalue weighted by Gasteiger charge is 2.28. The first kappa shape index (κ1) is 10.7. The molecule has 1 aromatic rings. The van der Waals surface area contributed by atoms with Gasteiger partial charge in [0.2, 0.25) is 0 Å². The maximum atomic E-state index is 6.11. The number of hydrogen-bond acceptors (Lipinski definition) is 3. The largest absolute Gasteiger partial charge is 0.377 e. The van der Waals surface area contributed by atoms with E-state index in [1.807, 2.05) is 13.8 Å². The zero-order chi connectivity index (χ0) is 10.1. The lowest BCUT2D eigenvalue weighted by atomic mass is 9.93. The zero-order valence-corrected chi connectivity index (χ0v) is 9.44.